The smallest absolute Gasteiger partial charge is 0.219 e. The van der Waals surface area contributed by atoms with Crippen molar-refractivity contribution < 1.29 is 4.39 Å². The number of halogens is 1. The lowest BCUT2D eigenvalue weighted by Gasteiger charge is -2.46. The lowest BCUT2D eigenvalue weighted by molar-refractivity contribution is 0.193. The molecule has 0 spiro atoms. The zero-order valence-electron chi connectivity index (χ0n) is 13.4. The number of rotatable bonds is 3. The predicted octanol–water partition coefficient (Wildman–Crippen LogP) is 2.39. The fraction of sp³-hybridized carbons (Fsp3) is 0.222. The minimum Gasteiger partial charge on any atom is -0.368 e. The second-order valence-electron chi connectivity index (χ2n) is 6.31. The van der Waals surface area contributed by atoms with Gasteiger partial charge in [0.2, 0.25) is 5.95 Å². The highest BCUT2D eigenvalue weighted by Gasteiger charge is 2.46. The van der Waals surface area contributed by atoms with E-state index < -0.39 is 5.54 Å². The Morgan fingerprint density at radius 3 is 2.28 bits per heavy atom. The monoisotopic (exact) mass is 336 g/mol. The molecule has 2 heterocycles. The maximum Gasteiger partial charge on any atom is 0.219 e. The van der Waals surface area contributed by atoms with E-state index in [1.54, 1.807) is 24.5 Å². The molecule has 1 aliphatic rings. The van der Waals surface area contributed by atoms with E-state index in [1.165, 1.54) is 12.1 Å². The van der Waals surface area contributed by atoms with Crippen LogP contribution in [0.4, 0.5) is 10.3 Å². The van der Waals surface area contributed by atoms with Crippen molar-refractivity contribution in [3.63, 3.8) is 0 Å². The summed E-state index contributed by atoms with van der Waals surface area (Å²) in [6.07, 6.45) is 4.98. The number of nitrogens with two attached hydrogens (primary N) is 2. The second kappa shape index (κ2) is 5.86. The molecule has 4 N–H and O–H groups in total. The van der Waals surface area contributed by atoms with Crippen LogP contribution >= 0.6 is 0 Å². The number of hydrogen-bond donors (Lipinski definition) is 2. The van der Waals surface area contributed by atoms with Gasteiger partial charge in [-0.1, -0.05) is 12.1 Å². The molecule has 7 heteroatoms. The summed E-state index contributed by atoms with van der Waals surface area (Å²) in [6.45, 7) is 0. The predicted molar refractivity (Wildman–Crippen MR) is 91.7 cm³/mol. The van der Waals surface area contributed by atoms with Crippen molar-refractivity contribution in [1.82, 2.24) is 20.2 Å². The third kappa shape index (κ3) is 2.72. The van der Waals surface area contributed by atoms with Crippen LogP contribution in [0.25, 0.3) is 11.3 Å². The van der Waals surface area contributed by atoms with Crippen LogP contribution in [0.3, 0.4) is 0 Å². The molecule has 1 saturated carbocycles. The topological polar surface area (TPSA) is 104 Å². The molecule has 1 aromatic carbocycles. The molecule has 0 amide bonds. The highest BCUT2D eigenvalue weighted by molar-refractivity contribution is 5.56. The van der Waals surface area contributed by atoms with Crippen LogP contribution in [-0.2, 0) is 5.54 Å². The van der Waals surface area contributed by atoms with Crippen molar-refractivity contribution in [1.29, 1.82) is 0 Å². The molecule has 2 unspecified atom stereocenters. The minimum atomic E-state index is -0.534. The minimum absolute atomic E-state index is 0.0576. The first-order chi connectivity index (χ1) is 12.1. The quantitative estimate of drug-likeness (QED) is 0.761. The summed E-state index contributed by atoms with van der Waals surface area (Å²) < 4.78 is 13.2. The summed E-state index contributed by atoms with van der Waals surface area (Å²) in [6, 6.07) is 10.2. The second-order valence-corrected chi connectivity index (χ2v) is 6.31. The Labute approximate surface area is 144 Å². The van der Waals surface area contributed by atoms with E-state index in [1.807, 2.05) is 12.1 Å². The molecule has 4 rings (SSSR count). The fourth-order valence-electron chi connectivity index (χ4n) is 3.27. The standard InChI is InChI=1S/C18H17FN6/c19-13-3-1-12(2-4-13)18(21)8-7-14(18)16-6-5-15(24-25-16)11-9-22-17(20)23-10-11/h1-6,9-10,14H,7-8,21H2,(H2,20,22,23). The van der Waals surface area contributed by atoms with Crippen molar-refractivity contribution in [2.75, 3.05) is 5.73 Å². The summed E-state index contributed by atoms with van der Waals surface area (Å²) in [7, 11) is 0. The van der Waals surface area contributed by atoms with Crippen molar-refractivity contribution in [3.05, 3.63) is 65.9 Å². The Hall–Kier alpha value is -2.93. The molecule has 2 aromatic heterocycles. The van der Waals surface area contributed by atoms with Gasteiger partial charge in [0.1, 0.15) is 5.82 Å². The Bertz CT molecular complexity index is 879. The van der Waals surface area contributed by atoms with Crippen LogP contribution in [0.5, 0.6) is 0 Å². The average molecular weight is 336 g/mol. The van der Waals surface area contributed by atoms with Crippen LogP contribution in [-0.4, -0.2) is 20.2 Å². The first kappa shape index (κ1) is 15.6. The van der Waals surface area contributed by atoms with E-state index >= 15 is 0 Å². The van der Waals surface area contributed by atoms with Gasteiger partial charge in [-0.2, -0.15) is 10.2 Å². The van der Waals surface area contributed by atoms with E-state index in [2.05, 4.69) is 20.2 Å². The van der Waals surface area contributed by atoms with Gasteiger partial charge in [0.05, 0.1) is 11.4 Å². The largest absolute Gasteiger partial charge is 0.368 e. The highest BCUT2D eigenvalue weighted by atomic mass is 19.1. The Morgan fingerprint density at radius 1 is 1.00 bits per heavy atom. The first-order valence-electron chi connectivity index (χ1n) is 8.03. The van der Waals surface area contributed by atoms with Crippen molar-refractivity contribution in [2.24, 2.45) is 5.73 Å². The number of nitrogens with zero attached hydrogens (tertiary/aromatic N) is 4. The van der Waals surface area contributed by atoms with Gasteiger partial charge in [-0.05, 0) is 42.7 Å². The van der Waals surface area contributed by atoms with Crippen LogP contribution < -0.4 is 11.5 Å². The first-order valence-corrected chi connectivity index (χ1v) is 8.03. The number of anilines is 1. The maximum atomic E-state index is 13.2. The molecule has 6 nitrogen and oxygen atoms in total. The molecule has 2 atom stereocenters. The van der Waals surface area contributed by atoms with Crippen LogP contribution in [0.15, 0.2) is 48.8 Å². The molecule has 0 radical (unpaired) electrons. The van der Waals surface area contributed by atoms with Crippen LogP contribution in [0.1, 0.15) is 30.0 Å². The van der Waals surface area contributed by atoms with E-state index in [9.17, 15) is 4.39 Å². The molecule has 0 bridgehead atoms. The van der Waals surface area contributed by atoms with Gasteiger partial charge in [0.15, 0.2) is 0 Å². The molecule has 0 saturated heterocycles. The molecule has 25 heavy (non-hydrogen) atoms. The van der Waals surface area contributed by atoms with Gasteiger partial charge in [-0.3, -0.25) is 0 Å². The molecular formula is C18H17FN6. The van der Waals surface area contributed by atoms with E-state index in [0.717, 1.165) is 29.7 Å². The lowest BCUT2D eigenvalue weighted by Crippen LogP contribution is -2.50. The summed E-state index contributed by atoms with van der Waals surface area (Å²) >= 11 is 0. The summed E-state index contributed by atoms with van der Waals surface area (Å²) in [5.74, 6) is 0.00951. The van der Waals surface area contributed by atoms with E-state index in [-0.39, 0.29) is 17.7 Å². The molecule has 3 aromatic rings. The van der Waals surface area contributed by atoms with Gasteiger partial charge < -0.3 is 11.5 Å². The van der Waals surface area contributed by atoms with E-state index in [4.69, 9.17) is 11.5 Å². The van der Waals surface area contributed by atoms with Gasteiger partial charge in [0.25, 0.3) is 0 Å². The number of nitrogen functional groups attached to an aromatic ring is 1. The van der Waals surface area contributed by atoms with Crippen molar-refractivity contribution >= 4 is 5.95 Å². The average Bonchev–Trinajstić information content (AvgIpc) is 2.62. The molecular weight excluding hydrogens is 319 g/mol. The molecule has 1 fully saturated rings. The van der Waals surface area contributed by atoms with Crippen molar-refractivity contribution in [2.45, 2.75) is 24.3 Å². The molecule has 1 aliphatic carbocycles. The zero-order chi connectivity index (χ0) is 17.4. The van der Waals surface area contributed by atoms with Crippen LogP contribution in [0, 0.1) is 5.82 Å². The fourth-order valence-corrected chi connectivity index (χ4v) is 3.27. The van der Waals surface area contributed by atoms with Crippen LogP contribution in [0.2, 0.25) is 0 Å². The number of hydrogen-bond acceptors (Lipinski definition) is 6. The van der Waals surface area contributed by atoms with Gasteiger partial charge in [-0.15, -0.1) is 0 Å². The van der Waals surface area contributed by atoms with Gasteiger partial charge >= 0.3 is 0 Å². The maximum absolute atomic E-state index is 13.2. The summed E-state index contributed by atoms with van der Waals surface area (Å²) in [5.41, 5.74) is 14.7. The Morgan fingerprint density at radius 2 is 1.72 bits per heavy atom. The third-order valence-corrected chi connectivity index (χ3v) is 4.86. The molecule has 0 aliphatic heterocycles. The molecule has 126 valence electrons. The number of aromatic nitrogens is 4. The third-order valence-electron chi connectivity index (χ3n) is 4.86. The normalized spacial score (nSPS) is 22.4. The van der Waals surface area contributed by atoms with Gasteiger partial charge in [0, 0.05) is 29.4 Å². The summed E-state index contributed by atoms with van der Waals surface area (Å²) in [4.78, 5) is 7.92. The van der Waals surface area contributed by atoms with E-state index in [0.29, 0.717) is 5.69 Å². The highest BCUT2D eigenvalue weighted by Crippen LogP contribution is 2.50. The summed E-state index contributed by atoms with van der Waals surface area (Å²) in [5, 5.41) is 8.62. The SMILES string of the molecule is Nc1ncc(-c2ccc(C3CCC3(N)c3ccc(F)cc3)nn2)cn1. The number of benzene rings is 1. The van der Waals surface area contributed by atoms with Gasteiger partial charge in [-0.25, -0.2) is 14.4 Å². The Kier molecular flexibility index (Phi) is 3.65. The zero-order valence-corrected chi connectivity index (χ0v) is 13.4. The Balaban J connectivity index is 1.59. The van der Waals surface area contributed by atoms with Crippen molar-refractivity contribution in [3.8, 4) is 11.3 Å². The lowest BCUT2D eigenvalue weighted by atomic mass is 9.62.